The summed E-state index contributed by atoms with van der Waals surface area (Å²) in [5.74, 6) is 0. The smallest absolute Gasteiger partial charge is 0.0576 e. The van der Waals surface area contributed by atoms with Crippen LogP contribution in [0.3, 0.4) is 0 Å². The molecule has 0 saturated heterocycles. The lowest BCUT2D eigenvalue weighted by molar-refractivity contribution is 0.594. The first-order valence-electron chi connectivity index (χ1n) is 6.95. The molecule has 18 heavy (non-hydrogen) atoms. The Hall–Kier alpha value is -1.26. The second-order valence-corrected chi connectivity index (χ2v) is 4.61. The molecule has 1 aromatic carbocycles. The third kappa shape index (κ3) is 4.55. The third-order valence-electron chi connectivity index (χ3n) is 3.10. The van der Waals surface area contributed by atoms with E-state index in [1.165, 1.54) is 11.4 Å². The Bertz CT molecular complexity index is 307. The van der Waals surface area contributed by atoms with Crippen LogP contribution in [0.2, 0.25) is 0 Å². The molecule has 0 atom stereocenters. The largest absolute Gasteiger partial charge is 0.383 e. The summed E-state index contributed by atoms with van der Waals surface area (Å²) in [6.45, 7) is 6.29. The lowest BCUT2D eigenvalue weighted by Gasteiger charge is -2.15. The maximum absolute atomic E-state index is 3.50. The van der Waals surface area contributed by atoms with Crippen LogP contribution in [0.5, 0.6) is 0 Å². The summed E-state index contributed by atoms with van der Waals surface area (Å²) in [7, 11) is 0. The van der Waals surface area contributed by atoms with E-state index in [1.807, 2.05) is 0 Å². The number of hydrogen-bond donors (Lipinski definition) is 4. The van der Waals surface area contributed by atoms with Gasteiger partial charge in [0, 0.05) is 26.2 Å². The molecule has 1 heterocycles. The van der Waals surface area contributed by atoms with Crippen molar-refractivity contribution in [2.75, 3.05) is 49.9 Å². The highest BCUT2D eigenvalue weighted by Crippen LogP contribution is 2.20. The van der Waals surface area contributed by atoms with Crippen molar-refractivity contribution in [3.63, 3.8) is 0 Å². The number of fused-ring (bicyclic) bond motifs is 1. The van der Waals surface area contributed by atoms with Gasteiger partial charge in [-0.25, -0.2) is 0 Å². The lowest BCUT2D eigenvalue weighted by atomic mass is 10.2. The summed E-state index contributed by atoms with van der Waals surface area (Å²) >= 11 is 0. The van der Waals surface area contributed by atoms with E-state index >= 15 is 0 Å². The number of para-hydroxylation sites is 2. The quantitative estimate of drug-likeness (QED) is 0.562. The number of benzene rings is 1. The summed E-state index contributed by atoms with van der Waals surface area (Å²) in [5, 5.41) is 13.9. The van der Waals surface area contributed by atoms with Gasteiger partial charge in [-0.05, 0) is 38.1 Å². The van der Waals surface area contributed by atoms with Gasteiger partial charge >= 0.3 is 0 Å². The van der Waals surface area contributed by atoms with E-state index in [9.17, 15) is 0 Å². The Morgan fingerprint density at radius 2 is 1.11 bits per heavy atom. The highest BCUT2D eigenvalue weighted by Gasteiger charge is 2.00. The first-order valence-corrected chi connectivity index (χ1v) is 6.95. The van der Waals surface area contributed by atoms with Gasteiger partial charge in [0.1, 0.15) is 0 Å². The van der Waals surface area contributed by atoms with Crippen molar-refractivity contribution >= 4 is 11.4 Å². The first kappa shape index (κ1) is 13.2. The van der Waals surface area contributed by atoms with Crippen LogP contribution < -0.4 is 21.3 Å². The predicted molar refractivity (Wildman–Crippen MR) is 78.4 cm³/mol. The molecule has 0 saturated carbocycles. The summed E-state index contributed by atoms with van der Waals surface area (Å²) in [6, 6.07) is 8.44. The van der Waals surface area contributed by atoms with Crippen molar-refractivity contribution in [3.8, 4) is 0 Å². The molecule has 4 heteroatoms. The Kier molecular flexibility index (Phi) is 5.82. The van der Waals surface area contributed by atoms with Crippen LogP contribution in [0.4, 0.5) is 11.4 Å². The van der Waals surface area contributed by atoms with Crippen molar-refractivity contribution in [1.29, 1.82) is 0 Å². The van der Waals surface area contributed by atoms with Gasteiger partial charge in [0.05, 0.1) is 11.4 Å². The number of anilines is 2. The van der Waals surface area contributed by atoms with Crippen LogP contribution in [-0.2, 0) is 0 Å². The molecule has 0 unspecified atom stereocenters. The average Bonchev–Trinajstić information content (AvgIpc) is 2.41. The molecule has 0 bridgehead atoms. The van der Waals surface area contributed by atoms with Crippen LogP contribution in [-0.4, -0.2) is 39.3 Å². The number of hydrogen-bond acceptors (Lipinski definition) is 4. The minimum atomic E-state index is 1.01. The Morgan fingerprint density at radius 1 is 0.611 bits per heavy atom. The van der Waals surface area contributed by atoms with E-state index in [0.29, 0.717) is 0 Å². The first-order chi connectivity index (χ1) is 8.97. The van der Waals surface area contributed by atoms with E-state index in [-0.39, 0.29) is 0 Å². The van der Waals surface area contributed by atoms with E-state index in [1.54, 1.807) is 0 Å². The third-order valence-corrected chi connectivity index (χ3v) is 3.10. The normalized spacial score (nSPS) is 18.9. The molecule has 4 nitrogen and oxygen atoms in total. The van der Waals surface area contributed by atoms with Crippen molar-refractivity contribution in [3.05, 3.63) is 24.3 Å². The Morgan fingerprint density at radius 3 is 1.61 bits per heavy atom. The summed E-state index contributed by atoms with van der Waals surface area (Å²) in [6.07, 6.45) is 2.29. The van der Waals surface area contributed by atoms with Crippen molar-refractivity contribution in [1.82, 2.24) is 10.6 Å². The number of rotatable bonds is 0. The van der Waals surface area contributed by atoms with Crippen LogP contribution in [0.15, 0.2) is 24.3 Å². The maximum Gasteiger partial charge on any atom is 0.0576 e. The van der Waals surface area contributed by atoms with E-state index in [0.717, 1.165) is 52.1 Å². The highest BCUT2D eigenvalue weighted by molar-refractivity contribution is 5.68. The molecule has 4 N–H and O–H groups in total. The molecule has 1 aromatic rings. The molecule has 1 aliphatic rings. The molecular formula is C14H24N4. The van der Waals surface area contributed by atoms with E-state index in [4.69, 9.17) is 0 Å². The van der Waals surface area contributed by atoms with Crippen LogP contribution in [0, 0.1) is 0 Å². The SMILES string of the molecule is c1ccc2c(c1)NCCCNCCNCCCN2. The molecular weight excluding hydrogens is 224 g/mol. The van der Waals surface area contributed by atoms with Gasteiger partial charge in [-0.3, -0.25) is 0 Å². The zero-order chi connectivity index (χ0) is 12.5. The molecule has 0 radical (unpaired) electrons. The van der Waals surface area contributed by atoms with Crippen molar-refractivity contribution in [2.24, 2.45) is 0 Å². The van der Waals surface area contributed by atoms with Gasteiger partial charge in [0.15, 0.2) is 0 Å². The molecule has 0 amide bonds. The second-order valence-electron chi connectivity index (χ2n) is 4.61. The van der Waals surface area contributed by atoms with E-state index in [2.05, 4.69) is 45.5 Å². The molecule has 2 rings (SSSR count). The minimum Gasteiger partial charge on any atom is -0.383 e. The standard InChI is InChI=1S/C14H24N4/c1-2-6-14-13(5-1)17-9-3-7-15-11-12-16-8-4-10-18-14/h1-2,5-6,15-18H,3-4,7-12H2. The van der Waals surface area contributed by atoms with Gasteiger partial charge in [-0.15, -0.1) is 0 Å². The van der Waals surface area contributed by atoms with E-state index < -0.39 is 0 Å². The topological polar surface area (TPSA) is 48.1 Å². The zero-order valence-electron chi connectivity index (χ0n) is 11.0. The van der Waals surface area contributed by atoms with Gasteiger partial charge in [-0.1, -0.05) is 12.1 Å². The molecule has 0 aliphatic carbocycles. The molecule has 0 spiro atoms. The maximum atomic E-state index is 3.50. The minimum absolute atomic E-state index is 1.01. The lowest BCUT2D eigenvalue weighted by Crippen LogP contribution is -2.30. The molecule has 1 aliphatic heterocycles. The molecule has 100 valence electrons. The van der Waals surface area contributed by atoms with Crippen LogP contribution >= 0.6 is 0 Å². The van der Waals surface area contributed by atoms with Crippen molar-refractivity contribution < 1.29 is 0 Å². The second kappa shape index (κ2) is 7.95. The van der Waals surface area contributed by atoms with Crippen molar-refractivity contribution in [2.45, 2.75) is 12.8 Å². The fourth-order valence-electron chi connectivity index (χ4n) is 2.09. The highest BCUT2D eigenvalue weighted by atomic mass is 15.0. The monoisotopic (exact) mass is 248 g/mol. The Labute approximate surface area is 110 Å². The summed E-state index contributed by atoms with van der Waals surface area (Å²) < 4.78 is 0. The van der Waals surface area contributed by atoms with Gasteiger partial charge in [0.25, 0.3) is 0 Å². The van der Waals surface area contributed by atoms with Gasteiger partial charge in [0.2, 0.25) is 0 Å². The predicted octanol–water partition coefficient (Wildman–Crippen LogP) is 1.48. The zero-order valence-corrected chi connectivity index (χ0v) is 11.0. The van der Waals surface area contributed by atoms with Gasteiger partial charge in [-0.2, -0.15) is 0 Å². The fourth-order valence-corrected chi connectivity index (χ4v) is 2.09. The fraction of sp³-hybridized carbons (Fsp3) is 0.571. The van der Waals surface area contributed by atoms with Crippen LogP contribution in [0.1, 0.15) is 12.8 Å². The average molecular weight is 248 g/mol. The molecule has 0 fully saturated rings. The van der Waals surface area contributed by atoms with Gasteiger partial charge < -0.3 is 21.3 Å². The summed E-state index contributed by atoms with van der Waals surface area (Å²) in [4.78, 5) is 0. The Balaban J connectivity index is 1.91. The molecule has 0 aromatic heterocycles. The summed E-state index contributed by atoms with van der Waals surface area (Å²) in [5.41, 5.74) is 2.42. The van der Waals surface area contributed by atoms with Crippen LogP contribution in [0.25, 0.3) is 0 Å². The number of nitrogens with one attached hydrogen (secondary N) is 4.